The minimum absolute atomic E-state index is 0.0189. The van der Waals surface area contributed by atoms with Gasteiger partial charge in [0.1, 0.15) is 5.75 Å². The Morgan fingerprint density at radius 1 is 0.902 bits per heavy atom. The molecule has 1 aromatic carbocycles. The highest BCUT2D eigenvalue weighted by Gasteiger charge is 2.30. The highest BCUT2D eigenvalue weighted by atomic mass is 16.5. The number of amides is 3. The van der Waals surface area contributed by atoms with Crippen LogP contribution in [0.2, 0.25) is 0 Å². The second kappa shape index (κ2) is 19.4. The molecular weight excluding hydrogens is 524 g/mol. The molecule has 1 rings (SSSR count). The van der Waals surface area contributed by atoms with Crippen molar-refractivity contribution in [2.24, 2.45) is 35.3 Å². The van der Waals surface area contributed by atoms with Gasteiger partial charge < -0.3 is 36.3 Å². The summed E-state index contributed by atoms with van der Waals surface area (Å²) in [6.07, 6.45) is 1.51. The van der Waals surface area contributed by atoms with Crippen LogP contribution in [0.1, 0.15) is 70.7 Å². The van der Waals surface area contributed by atoms with E-state index in [1.807, 2.05) is 19.9 Å². The van der Waals surface area contributed by atoms with E-state index in [2.05, 4.69) is 29.8 Å². The number of aliphatic hydroxyl groups excluding tert-OH is 1. The fraction of sp³-hybridized carbons (Fsp3) is 0.710. The van der Waals surface area contributed by atoms with Gasteiger partial charge in [-0.15, -0.1) is 0 Å². The number of hydrogen-bond donors (Lipinski definition) is 5. The second-order valence-corrected chi connectivity index (χ2v) is 11.6. The first-order valence-electron chi connectivity index (χ1n) is 14.8. The summed E-state index contributed by atoms with van der Waals surface area (Å²) in [5, 5.41) is 19.4. The fourth-order valence-electron chi connectivity index (χ4n) is 4.57. The van der Waals surface area contributed by atoms with Crippen molar-refractivity contribution in [1.29, 1.82) is 0 Å². The van der Waals surface area contributed by atoms with Crippen molar-refractivity contribution in [1.82, 2.24) is 16.0 Å². The zero-order valence-electron chi connectivity index (χ0n) is 26.1. The molecule has 0 radical (unpaired) electrons. The van der Waals surface area contributed by atoms with E-state index < -0.39 is 18.1 Å². The average Bonchev–Trinajstić information content (AvgIpc) is 2.95. The number of aliphatic hydroxyl groups is 1. The molecule has 0 saturated heterocycles. The normalized spacial score (nSPS) is 15.1. The van der Waals surface area contributed by atoms with Gasteiger partial charge in [0.25, 0.3) is 5.91 Å². The Kier molecular flexibility index (Phi) is 17.2. The number of carbonyl (C=O) groups is 3. The molecule has 0 aliphatic rings. The summed E-state index contributed by atoms with van der Waals surface area (Å²) in [5.41, 5.74) is 6.91. The van der Waals surface area contributed by atoms with Gasteiger partial charge in [0.15, 0.2) is 0 Å². The van der Waals surface area contributed by atoms with Gasteiger partial charge in [0, 0.05) is 45.8 Å². The van der Waals surface area contributed by atoms with Gasteiger partial charge in [-0.1, -0.05) is 46.8 Å². The van der Waals surface area contributed by atoms with Crippen molar-refractivity contribution in [3.63, 3.8) is 0 Å². The lowest BCUT2D eigenvalue weighted by molar-refractivity contribution is -0.128. The number of rotatable bonds is 20. The Balaban J connectivity index is 2.72. The molecule has 10 heteroatoms. The van der Waals surface area contributed by atoms with Gasteiger partial charge in [-0.2, -0.15) is 0 Å². The summed E-state index contributed by atoms with van der Waals surface area (Å²) in [5.74, 6) is -0.626. The van der Waals surface area contributed by atoms with Crippen molar-refractivity contribution in [2.75, 3.05) is 40.5 Å². The van der Waals surface area contributed by atoms with Crippen molar-refractivity contribution in [2.45, 2.75) is 72.4 Å². The van der Waals surface area contributed by atoms with E-state index in [1.165, 1.54) is 0 Å². The molecule has 0 fully saturated rings. The van der Waals surface area contributed by atoms with Gasteiger partial charge in [-0.3, -0.25) is 14.4 Å². The molecule has 0 spiro atoms. The zero-order valence-corrected chi connectivity index (χ0v) is 26.1. The predicted octanol–water partition coefficient (Wildman–Crippen LogP) is 2.73. The standard InChI is InChI=1S/C31H54N4O6/c1-20(2)23(19-35-30(38)24-12-8-9-13-28(24)41-15-11-10-14-40-7)16-26(32)27(36)17-25(21(3)4)31(39)34-18-22(5)29(37)33-6/h8-9,12-13,20-23,25-27,36H,10-11,14-19,32H2,1-7H3,(H,33,37)(H,34,39)(H,35,38)/t22?,23-,25-,26-,27-/m0/s1. The van der Waals surface area contributed by atoms with E-state index in [9.17, 15) is 19.5 Å². The van der Waals surface area contributed by atoms with E-state index in [0.717, 1.165) is 12.8 Å². The van der Waals surface area contributed by atoms with Crippen LogP contribution in [-0.4, -0.2) is 75.4 Å². The smallest absolute Gasteiger partial charge is 0.255 e. The first kappa shape index (κ1) is 36.3. The molecule has 10 nitrogen and oxygen atoms in total. The Bertz CT molecular complexity index is 926. The molecule has 234 valence electrons. The molecule has 0 heterocycles. The molecule has 0 aliphatic carbocycles. The van der Waals surface area contributed by atoms with E-state index in [-0.39, 0.29) is 54.4 Å². The van der Waals surface area contributed by atoms with Crippen LogP contribution < -0.4 is 26.4 Å². The third kappa shape index (κ3) is 13.2. The van der Waals surface area contributed by atoms with Crippen molar-refractivity contribution >= 4 is 17.7 Å². The maximum absolute atomic E-state index is 13.1. The Labute approximate surface area is 246 Å². The third-order valence-electron chi connectivity index (χ3n) is 7.58. The van der Waals surface area contributed by atoms with Crippen LogP contribution in [0.15, 0.2) is 24.3 Å². The van der Waals surface area contributed by atoms with Gasteiger partial charge in [-0.25, -0.2) is 0 Å². The molecule has 1 unspecified atom stereocenters. The number of para-hydroxylation sites is 1. The third-order valence-corrected chi connectivity index (χ3v) is 7.58. The highest BCUT2D eigenvalue weighted by Crippen LogP contribution is 2.24. The molecule has 0 aliphatic heterocycles. The lowest BCUT2D eigenvalue weighted by atomic mass is 9.83. The maximum Gasteiger partial charge on any atom is 0.255 e. The summed E-state index contributed by atoms with van der Waals surface area (Å²) >= 11 is 0. The number of unbranched alkanes of at least 4 members (excludes halogenated alkanes) is 1. The molecule has 5 atom stereocenters. The van der Waals surface area contributed by atoms with Crippen LogP contribution in [-0.2, 0) is 14.3 Å². The van der Waals surface area contributed by atoms with Crippen LogP contribution >= 0.6 is 0 Å². The first-order chi connectivity index (χ1) is 19.4. The number of hydrogen-bond acceptors (Lipinski definition) is 7. The Morgan fingerprint density at radius 3 is 2.17 bits per heavy atom. The lowest BCUT2D eigenvalue weighted by Crippen LogP contribution is -2.45. The summed E-state index contributed by atoms with van der Waals surface area (Å²) in [6, 6.07) is 6.61. The molecule has 3 amide bonds. The van der Waals surface area contributed by atoms with Crippen LogP contribution in [0, 0.1) is 29.6 Å². The highest BCUT2D eigenvalue weighted by molar-refractivity contribution is 5.96. The summed E-state index contributed by atoms with van der Waals surface area (Å²) < 4.78 is 10.9. The number of methoxy groups -OCH3 is 1. The summed E-state index contributed by atoms with van der Waals surface area (Å²) in [6.45, 7) is 11.5. The largest absolute Gasteiger partial charge is 0.493 e. The first-order valence-corrected chi connectivity index (χ1v) is 14.8. The van der Waals surface area contributed by atoms with Crippen molar-refractivity contribution in [3.05, 3.63) is 29.8 Å². The van der Waals surface area contributed by atoms with Gasteiger partial charge in [-0.05, 0) is 55.6 Å². The number of carbonyl (C=O) groups excluding carboxylic acids is 3. The molecule has 0 saturated carbocycles. The Morgan fingerprint density at radius 2 is 1.56 bits per heavy atom. The van der Waals surface area contributed by atoms with Crippen molar-refractivity contribution in [3.8, 4) is 5.75 Å². The summed E-state index contributed by atoms with van der Waals surface area (Å²) in [4.78, 5) is 37.7. The quantitative estimate of drug-likeness (QED) is 0.149. The maximum atomic E-state index is 13.1. The van der Waals surface area contributed by atoms with Crippen LogP contribution in [0.25, 0.3) is 0 Å². The minimum Gasteiger partial charge on any atom is -0.493 e. The monoisotopic (exact) mass is 578 g/mol. The number of benzene rings is 1. The van der Waals surface area contributed by atoms with Gasteiger partial charge >= 0.3 is 0 Å². The zero-order chi connectivity index (χ0) is 30.9. The van der Waals surface area contributed by atoms with E-state index in [4.69, 9.17) is 15.2 Å². The van der Waals surface area contributed by atoms with Gasteiger partial charge in [0.05, 0.1) is 24.2 Å². The SMILES string of the molecule is CNC(=O)C(C)CNC(=O)[C@@H](C[C@H](O)[C@@H](N)C[C@@H](CNC(=O)c1ccccc1OCCCCOC)C(C)C)C(C)C. The summed E-state index contributed by atoms with van der Waals surface area (Å²) in [7, 11) is 3.23. The molecular formula is C31H54N4O6. The van der Waals surface area contributed by atoms with E-state index in [0.29, 0.717) is 37.5 Å². The van der Waals surface area contributed by atoms with Crippen LogP contribution in [0.3, 0.4) is 0 Å². The van der Waals surface area contributed by atoms with E-state index >= 15 is 0 Å². The minimum atomic E-state index is -0.895. The van der Waals surface area contributed by atoms with E-state index in [1.54, 1.807) is 39.3 Å². The van der Waals surface area contributed by atoms with Crippen LogP contribution in [0.5, 0.6) is 5.75 Å². The topological polar surface area (TPSA) is 152 Å². The number of ether oxygens (including phenoxy) is 2. The fourth-order valence-corrected chi connectivity index (χ4v) is 4.57. The molecule has 1 aromatic rings. The average molecular weight is 579 g/mol. The van der Waals surface area contributed by atoms with Gasteiger partial charge in [0.2, 0.25) is 11.8 Å². The molecule has 0 bridgehead atoms. The predicted molar refractivity (Wildman–Crippen MR) is 161 cm³/mol. The second-order valence-electron chi connectivity index (χ2n) is 11.6. The number of nitrogens with two attached hydrogens (primary N) is 1. The molecule has 41 heavy (non-hydrogen) atoms. The molecule has 0 aromatic heterocycles. The van der Waals surface area contributed by atoms with Crippen molar-refractivity contribution < 1.29 is 29.0 Å². The van der Waals surface area contributed by atoms with Crippen LogP contribution in [0.4, 0.5) is 0 Å². The lowest BCUT2D eigenvalue weighted by Gasteiger charge is -2.30. The molecule has 6 N–H and O–H groups in total. The Hall–Kier alpha value is -2.69. The number of nitrogens with one attached hydrogen (secondary N) is 3.